The molecule has 0 amide bonds. The average Bonchev–Trinajstić information content (AvgIpc) is 2.65. The highest BCUT2D eigenvalue weighted by Crippen LogP contribution is 2.33. The van der Waals surface area contributed by atoms with Crippen LogP contribution in [-0.4, -0.2) is 12.9 Å². The highest BCUT2D eigenvalue weighted by molar-refractivity contribution is 8.08. The van der Waals surface area contributed by atoms with Crippen molar-refractivity contribution in [2.45, 2.75) is 6.92 Å². The van der Waals surface area contributed by atoms with E-state index < -0.39 is 0 Å². The Morgan fingerprint density at radius 3 is 2.50 bits per heavy atom. The summed E-state index contributed by atoms with van der Waals surface area (Å²) in [5.74, 6) is 0.995. The Hall–Kier alpha value is -1.09. The molecule has 0 spiro atoms. The smallest absolute Gasteiger partial charge is 0.0655 e. The van der Waals surface area contributed by atoms with E-state index in [1.807, 2.05) is 18.8 Å². The fourth-order valence-electron chi connectivity index (χ4n) is 1.49. The fourth-order valence-corrected chi connectivity index (χ4v) is 2.52. The van der Waals surface area contributed by atoms with E-state index in [9.17, 15) is 0 Å². The maximum atomic E-state index is 3.32. The normalized spacial score (nSPS) is 15.6. The first-order valence-corrected chi connectivity index (χ1v) is 5.65. The first-order valence-electron chi connectivity index (χ1n) is 4.67. The molecular formula is C11H14N2S. The molecule has 0 radical (unpaired) electrons. The van der Waals surface area contributed by atoms with Crippen LogP contribution in [0.25, 0.3) is 4.91 Å². The summed E-state index contributed by atoms with van der Waals surface area (Å²) in [5.41, 5.74) is 3.74. The lowest BCUT2D eigenvalue weighted by molar-refractivity contribution is 0.986. The van der Waals surface area contributed by atoms with Crippen molar-refractivity contribution in [2.75, 3.05) is 18.2 Å². The van der Waals surface area contributed by atoms with Gasteiger partial charge in [0, 0.05) is 23.3 Å². The molecule has 0 saturated heterocycles. The SMILES string of the molecule is CNc1ccc(C2=C(C)NCS2)cc1. The Morgan fingerprint density at radius 2 is 2.00 bits per heavy atom. The molecule has 1 aromatic carbocycles. The van der Waals surface area contributed by atoms with Crippen molar-refractivity contribution in [3.8, 4) is 0 Å². The van der Waals surface area contributed by atoms with E-state index in [2.05, 4.69) is 41.8 Å². The minimum atomic E-state index is 0.995. The zero-order valence-corrected chi connectivity index (χ0v) is 9.24. The first kappa shape index (κ1) is 9.46. The van der Waals surface area contributed by atoms with Gasteiger partial charge in [0.2, 0.25) is 0 Å². The number of allylic oxidation sites excluding steroid dienone is 1. The summed E-state index contributed by atoms with van der Waals surface area (Å²) in [6.07, 6.45) is 0. The molecule has 1 aliphatic rings. The molecule has 0 aromatic heterocycles. The zero-order valence-electron chi connectivity index (χ0n) is 8.42. The van der Waals surface area contributed by atoms with Crippen LogP contribution in [0.15, 0.2) is 30.0 Å². The summed E-state index contributed by atoms with van der Waals surface area (Å²) in [7, 11) is 1.94. The monoisotopic (exact) mass is 206 g/mol. The second-order valence-electron chi connectivity index (χ2n) is 3.25. The van der Waals surface area contributed by atoms with Crippen molar-refractivity contribution >= 4 is 22.4 Å². The van der Waals surface area contributed by atoms with Crippen LogP contribution in [0.4, 0.5) is 5.69 Å². The number of nitrogens with one attached hydrogen (secondary N) is 2. The van der Waals surface area contributed by atoms with Gasteiger partial charge in [-0.25, -0.2) is 0 Å². The topological polar surface area (TPSA) is 24.1 Å². The van der Waals surface area contributed by atoms with Crippen molar-refractivity contribution in [1.82, 2.24) is 5.32 Å². The van der Waals surface area contributed by atoms with Crippen LogP contribution in [0.3, 0.4) is 0 Å². The Balaban J connectivity index is 2.29. The summed E-state index contributed by atoms with van der Waals surface area (Å²) in [6.45, 7) is 2.13. The van der Waals surface area contributed by atoms with Gasteiger partial charge < -0.3 is 10.6 Å². The van der Waals surface area contributed by atoms with E-state index in [4.69, 9.17) is 0 Å². The van der Waals surface area contributed by atoms with Gasteiger partial charge in [-0.15, -0.1) is 11.8 Å². The standard InChI is InChI=1S/C11H14N2S/c1-8-11(14-7-13-8)9-3-5-10(12-2)6-4-9/h3-6,12-13H,7H2,1-2H3. The van der Waals surface area contributed by atoms with Gasteiger partial charge in [0.25, 0.3) is 0 Å². The summed E-state index contributed by atoms with van der Waals surface area (Å²) >= 11 is 1.87. The van der Waals surface area contributed by atoms with Gasteiger partial charge in [0.05, 0.1) is 5.88 Å². The van der Waals surface area contributed by atoms with E-state index in [-0.39, 0.29) is 0 Å². The lowest BCUT2D eigenvalue weighted by Crippen LogP contribution is -2.02. The molecule has 2 N–H and O–H groups in total. The number of thioether (sulfide) groups is 1. The molecular weight excluding hydrogens is 192 g/mol. The molecule has 0 fully saturated rings. The number of rotatable bonds is 2. The molecule has 2 nitrogen and oxygen atoms in total. The molecule has 0 saturated carbocycles. The summed E-state index contributed by atoms with van der Waals surface area (Å²) in [6, 6.07) is 8.53. The van der Waals surface area contributed by atoms with Crippen LogP contribution in [0.1, 0.15) is 12.5 Å². The van der Waals surface area contributed by atoms with Gasteiger partial charge in [-0.3, -0.25) is 0 Å². The largest absolute Gasteiger partial charge is 0.388 e. The van der Waals surface area contributed by atoms with E-state index >= 15 is 0 Å². The minimum absolute atomic E-state index is 0.995. The van der Waals surface area contributed by atoms with Gasteiger partial charge in [0.15, 0.2) is 0 Å². The number of hydrogen-bond donors (Lipinski definition) is 2. The number of hydrogen-bond acceptors (Lipinski definition) is 3. The van der Waals surface area contributed by atoms with E-state index in [0.29, 0.717) is 0 Å². The molecule has 1 aliphatic heterocycles. The summed E-state index contributed by atoms with van der Waals surface area (Å²) in [4.78, 5) is 1.37. The molecule has 2 rings (SSSR count). The van der Waals surface area contributed by atoms with E-state index in [0.717, 1.165) is 11.6 Å². The van der Waals surface area contributed by atoms with Gasteiger partial charge in [-0.05, 0) is 24.6 Å². The molecule has 0 unspecified atom stereocenters. The van der Waals surface area contributed by atoms with Crippen LogP contribution >= 0.6 is 11.8 Å². The van der Waals surface area contributed by atoms with Gasteiger partial charge >= 0.3 is 0 Å². The first-order chi connectivity index (χ1) is 6.81. The van der Waals surface area contributed by atoms with Gasteiger partial charge in [0.1, 0.15) is 0 Å². The van der Waals surface area contributed by atoms with Crippen molar-refractivity contribution in [3.05, 3.63) is 35.5 Å². The van der Waals surface area contributed by atoms with Crippen LogP contribution in [0.5, 0.6) is 0 Å². The van der Waals surface area contributed by atoms with Crippen LogP contribution < -0.4 is 10.6 Å². The lowest BCUT2D eigenvalue weighted by Gasteiger charge is -2.04. The summed E-state index contributed by atoms with van der Waals surface area (Å²) < 4.78 is 0. The Kier molecular flexibility index (Phi) is 2.68. The zero-order chi connectivity index (χ0) is 9.97. The summed E-state index contributed by atoms with van der Waals surface area (Å²) in [5, 5.41) is 6.44. The van der Waals surface area contributed by atoms with Crippen molar-refractivity contribution in [1.29, 1.82) is 0 Å². The van der Waals surface area contributed by atoms with Crippen molar-refractivity contribution < 1.29 is 0 Å². The quantitative estimate of drug-likeness (QED) is 0.778. The molecule has 1 heterocycles. The van der Waals surface area contributed by atoms with Gasteiger partial charge in [-0.2, -0.15) is 0 Å². The van der Waals surface area contributed by atoms with Crippen LogP contribution in [0, 0.1) is 0 Å². The average molecular weight is 206 g/mol. The molecule has 0 atom stereocenters. The molecule has 74 valence electrons. The maximum Gasteiger partial charge on any atom is 0.0655 e. The maximum absolute atomic E-state index is 3.32. The number of benzene rings is 1. The Labute approximate surface area is 88.8 Å². The molecule has 0 aliphatic carbocycles. The second-order valence-corrected chi connectivity index (χ2v) is 4.23. The highest BCUT2D eigenvalue weighted by Gasteiger charge is 2.12. The van der Waals surface area contributed by atoms with Crippen LogP contribution in [0.2, 0.25) is 0 Å². The Morgan fingerprint density at radius 1 is 1.29 bits per heavy atom. The molecule has 1 aromatic rings. The van der Waals surface area contributed by atoms with Crippen molar-refractivity contribution in [2.24, 2.45) is 0 Å². The predicted octanol–water partition coefficient (Wildman–Crippen LogP) is 2.71. The third kappa shape index (κ3) is 1.73. The third-order valence-electron chi connectivity index (χ3n) is 2.33. The predicted molar refractivity (Wildman–Crippen MR) is 64.2 cm³/mol. The molecule has 0 bridgehead atoms. The van der Waals surface area contributed by atoms with Crippen molar-refractivity contribution in [3.63, 3.8) is 0 Å². The molecule has 14 heavy (non-hydrogen) atoms. The third-order valence-corrected chi connectivity index (χ3v) is 3.45. The fraction of sp³-hybridized carbons (Fsp3) is 0.273. The second kappa shape index (κ2) is 3.96. The van der Waals surface area contributed by atoms with E-state index in [1.54, 1.807) is 0 Å². The lowest BCUT2D eigenvalue weighted by atomic mass is 10.2. The van der Waals surface area contributed by atoms with Crippen LogP contribution in [-0.2, 0) is 0 Å². The number of anilines is 1. The van der Waals surface area contributed by atoms with E-state index in [1.165, 1.54) is 16.2 Å². The highest BCUT2D eigenvalue weighted by atomic mass is 32.2. The Bertz CT molecular complexity index is 354. The minimum Gasteiger partial charge on any atom is -0.388 e. The molecule has 3 heteroatoms. The van der Waals surface area contributed by atoms with Gasteiger partial charge in [-0.1, -0.05) is 12.1 Å².